The number of rotatable bonds is 8. The van der Waals surface area contributed by atoms with E-state index in [1.54, 1.807) is 0 Å². The van der Waals surface area contributed by atoms with Crippen LogP contribution in [-0.4, -0.2) is 60.4 Å². The molecule has 0 aromatic heterocycles. The van der Waals surface area contributed by atoms with Crippen molar-refractivity contribution in [2.45, 2.75) is 45.6 Å². The van der Waals surface area contributed by atoms with Crippen LogP contribution in [0.25, 0.3) is 0 Å². The van der Waals surface area contributed by atoms with E-state index >= 15 is 0 Å². The molecule has 1 aliphatic heterocycles. The number of nitrogens with zero attached hydrogens (tertiary/aromatic N) is 2. The summed E-state index contributed by atoms with van der Waals surface area (Å²) < 4.78 is 0. The number of hydrogen-bond donors (Lipinski definition) is 1. The van der Waals surface area contributed by atoms with Crippen LogP contribution in [0, 0.1) is 0 Å². The van der Waals surface area contributed by atoms with Gasteiger partial charge in [0.25, 0.3) is 0 Å². The Morgan fingerprint density at radius 3 is 2.42 bits per heavy atom. The van der Waals surface area contributed by atoms with Crippen LogP contribution < -0.4 is 5.32 Å². The van der Waals surface area contributed by atoms with E-state index in [0.717, 1.165) is 37.4 Å². The second kappa shape index (κ2) is 10.5. The van der Waals surface area contributed by atoms with Crippen molar-refractivity contribution in [1.29, 1.82) is 0 Å². The molecule has 1 aromatic rings. The van der Waals surface area contributed by atoms with Gasteiger partial charge in [-0.15, -0.1) is 0 Å². The fourth-order valence-corrected chi connectivity index (χ4v) is 3.16. The van der Waals surface area contributed by atoms with E-state index in [-0.39, 0.29) is 17.9 Å². The van der Waals surface area contributed by atoms with Crippen molar-refractivity contribution in [3.05, 3.63) is 34.9 Å². The Hall–Kier alpha value is -1.59. The number of piperazine rings is 1. The molecule has 1 heterocycles. The van der Waals surface area contributed by atoms with Gasteiger partial charge < -0.3 is 10.2 Å². The number of carbonyl (C=O) groups excluding carboxylic acids is 2. The zero-order valence-electron chi connectivity index (χ0n) is 15.8. The average Bonchev–Trinajstić information content (AvgIpc) is 2.63. The van der Waals surface area contributed by atoms with Crippen molar-refractivity contribution in [2.24, 2.45) is 0 Å². The molecule has 0 bridgehead atoms. The first-order valence-electron chi connectivity index (χ1n) is 9.52. The number of hydrogen-bond acceptors (Lipinski definition) is 3. The minimum atomic E-state index is 0.0714. The smallest absolute Gasteiger partial charge is 0.234 e. The summed E-state index contributed by atoms with van der Waals surface area (Å²) >= 11 is 5.88. The normalized spacial score (nSPS) is 16.3. The van der Waals surface area contributed by atoms with Gasteiger partial charge in [0.1, 0.15) is 0 Å². The van der Waals surface area contributed by atoms with Crippen molar-refractivity contribution in [1.82, 2.24) is 15.1 Å². The quantitative estimate of drug-likeness (QED) is 0.755. The summed E-state index contributed by atoms with van der Waals surface area (Å²) in [7, 11) is 0. The standard InChI is InChI=1S/C20H30ClN3O2/c1-3-16(2)22-19(25)15-23-11-13-24(14-12-23)20(26)6-4-5-17-7-9-18(21)10-8-17/h7-10,16H,3-6,11-15H2,1-2H3,(H,22,25). The first kappa shape index (κ1) is 20.7. The highest BCUT2D eigenvalue weighted by Gasteiger charge is 2.22. The van der Waals surface area contributed by atoms with Gasteiger partial charge in [0.05, 0.1) is 6.54 Å². The van der Waals surface area contributed by atoms with E-state index < -0.39 is 0 Å². The second-order valence-electron chi connectivity index (χ2n) is 7.01. The summed E-state index contributed by atoms with van der Waals surface area (Å²) in [5, 5.41) is 3.72. The zero-order valence-corrected chi connectivity index (χ0v) is 16.6. The van der Waals surface area contributed by atoms with Crippen LogP contribution in [-0.2, 0) is 16.0 Å². The van der Waals surface area contributed by atoms with E-state index in [9.17, 15) is 9.59 Å². The van der Waals surface area contributed by atoms with E-state index in [1.165, 1.54) is 5.56 Å². The number of nitrogens with one attached hydrogen (secondary N) is 1. The van der Waals surface area contributed by atoms with Crippen molar-refractivity contribution in [3.63, 3.8) is 0 Å². The fourth-order valence-electron chi connectivity index (χ4n) is 3.03. The molecule has 2 amide bonds. The second-order valence-corrected chi connectivity index (χ2v) is 7.45. The van der Waals surface area contributed by atoms with Gasteiger partial charge in [0, 0.05) is 43.7 Å². The summed E-state index contributed by atoms with van der Waals surface area (Å²) in [4.78, 5) is 28.4. The summed E-state index contributed by atoms with van der Waals surface area (Å²) in [5.41, 5.74) is 1.21. The SMILES string of the molecule is CCC(C)NC(=O)CN1CCN(C(=O)CCCc2ccc(Cl)cc2)CC1. The van der Waals surface area contributed by atoms with E-state index in [1.807, 2.05) is 36.1 Å². The minimum Gasteiger partial charge on any atom is -0.353 e. The molecule has 5 nitrogen and oxygen atoms in total. The molecule has 1 atom stereocenters. The number of amides is 2. The van der Waals surface area contributed by atoms with Crippen molar-refractivity contribution >= 4 is 23.4 Å². The summed E-state index contributed by atoms with van der Waals surface area (Å²) in [6.45, 7) is 7.42. The van der Waals surface area contributed by atoms with Gasteiger partial charge in [-0.3, -0.25) is 14.5 Å². The van der Waals surface area contributed by atoms with Crippen LogP contribution in [0.1, 0.15) is 38.7 Å². The van der Waals surface area contributed by atoms with Crippen molar-refractivity contribution in [2.75, 3.05) is 32.7 Å². The lowest BCUT2D eigenvalue weighted by molar-refractivity contribution is -0.133. The van der Waals surface area contributed by atoms with Crippen LogP contribution in [0.2, 0.25) is 5.02 Å². The van der Waals surface area contributed by atoms with Crippen LogP contribution in [0.4, 0.5) is 0 Å². The predicted octanol–water partition coefficient (Wildman–Crippen LogP) is 2.72. The Balaban J connectivity index is 1.64. The topological polar surface area (TPSA) is 52.7 Å². The maximum atomic E-state index is 12.4. The maximum absolute atomic E-state index is 12.4. The van der Waals surface area contributed by atoms with Gasteiger partial charge in [-0.2, -0.15) is 0 Å². The number of carbonyl (C=O) groups is 2. The molecule has 1 fully saturated rings. The Labute approximate surface area is 161 Å². The Bertz CT molecular complexity index is 583. The zero-order chi connectivity index (χ0) is 18.9. The predicted molar refractivity (Wildman–Crippen MR) is 105 cm³/mol. The summed E-state index contributed by atoms with van der Waals surface area (Å²) in [6.07, 6.45) is 3.23. The highest BCUT2D eigenvalue weighted by Crippen LogP contribution is 2.12. The molecule has 26 heavy (non-hydrogen) atoms. The molecular formula is C20H30ClN3O2. The lowest BCUT2D eigenvalue weighted by Gasteiger charge is -2.34. The molecule has 144 valence electrons. The molecule has 0 radical (unpaired) electrons. The van der Waals surface area contributed by atoms with Crippen LogP contribution in [0.15, 0.2) is 24.3 Å². The first-order valence-corrected chi connectivity index (χ1v) is 9.89. The summed E-state index contributed by atoms with van der Waals surface area (Å²) in [6, 6.07) is 8.00. The van der Waals surface area contributed by atoms with Crippen LogP contribution in [0.5, 0.6) is 0 Å². The molecule has 0 aliphatic carbocycles. The van der Waals surface area contributed by atoms with Gasteiger partial charge in [-0.1, -0.05) is 30.7 Å². The number of aryl methyl sites for hydroxylation is 1. The molecule has 1 saturated heterocycles. The molecule has 1 aromatic carbocycles. The third-order valence-corrected chi connectivity index (χ3v) is 5.13. The molecule has 0 saturated carbocycles. The highest BCUT2D eigenvalue weighted by molar-refractivity contribution is 6.30. The molecule has 1 unspecified atom stereocenters. The molecule has 0 spiro atoms. The lowest BCUT2D eigenvalue weighted by atomic mass is 10.1. The van der Waals surface area contributed by atoms with Crippen LogP contribution >= 0.6 is 11.6 Å². The van der Waals surface area contributed by atoms with Gasteiger partial charge in [0.15, 0.2) is 0 Å². The Kier molecular flexibility index (Phi) is 8.39. The number of halogens is 1. The Morgan fingerprint density at radius 1 is 1.15 bits per heavy atom. The van der Waals surface area contributed by atoms with Crippen molar-refractivity contribution in [3.8, 4) is 0 Å². The van der Waals surface area contributed by atoms with Crippen molar-refractivity contribution < 1.29 is 9.59 Å². The molecular weight excluding hydrogens is 350 g/mol. The third kappa shape index (κ3) is 6.96. The first-order chi connectivity index (χ1) is 12.5. The van der Waals surface area contributed by atoms with Gasteiger partial charge in [-0.05, 0) is 43.9 Å². The van der Waals surface area contributed by atoms with Gasteiger partial charge >= 0.3 is 0 Å². The van der Waals surface area contributed by atoms with E-state index in [2.05, 4.69) is 17.1 Å². The Morgan fingerprint density at radius 2 is 1.81 bits per heavy atom. The maximum Gasteiger partial charge on any atom is 0.234 e. The minimum absolute atomic E-state index is 0.0714. The van der Waals surface area contributed by atoms with E-state index in [0.29, 0.717) is 26.1 Å². The molecule has 1 aliphatic rings. The molecule has 2 rings (SSSR count). The highest BCUT2D eigenvalue weighted by atomic mass is 35.5. The largest absolute Gasteiger partial charge is 0.353 e. The monoisotopic (exact) mass is 379 g/mol. The molecule has 1 N–H and O–H groups in total. The number of benzene rings is 1. The van der Waals surface area contributed by atoms with E-state index in [4.69, 9.17) is 11.6 Å². The molecule has 6 heteroatoms. The average molecular weight is 380 g/mol. The fraction of sp³-hybridized carbons (Fsp3) is 0.600. The lowest BCUT2D eigenvalue weighted by Crippen LogP contribution is -2.51. The van der Waals surface area contributed by atoms with Crippen LogP contribution in [0.3, 0.4) is 0 Å². The van der Waals surface area contributed by atoms with Gasteiger partial charge in [-0.25, -0.2) is 0 Å². The summed E-state index contributed by atoms with van der Waals surface area (Å²) in [5.74, 6) is 0.282. The van der Waals surface area contributed by atoms with Gasteiger partial charge in [0.2, 0.25) is 11.8 Å². The third-order valence-electron chi connectivity index (χ3n) is 4.88.